The average molecular weight is 588 g/mol. The number of rotatable bonds is 9. The molecule has 0 unspecified atom stereocenters. The van der Waals surface area contributed by atoms with E-state index < -0.39 is 0 Å². The zero-order valence-corrected chi connectivity index (χ0v) is 23.9. The molecule has 1 aromatic carbocycles. The van der Waals surface area contributed by atoms with Crippen molar-refractivity contribution in [3.8, 4) is 28.8 Å². The molecule has 0 aliphatic heterocycles. The van der Waals surface area contributed by atoms with E-state index in [1.54, 1.807) is 42.5 Å². The summed E-state index contributed by atoms with van der Waals surface area (Å²) in [5.41, 5.74) is 12.0. The maximum Gasteiger partial charge on any atom is 0.252 e. The van der Waals surface area contributed by atoms with Gasteiger partial charge in [-0.05, 0) is 72.5 Å². The van der Waals surface area contributed by atoms with Gasteiger partial charge in [-0.3, -0.25) is 9.36 Å². The molecule has 1 aliphatic carbocycles. The molecule has 1 atom stereocenters. The van der Waals surface area contributed by atoms with Crippen molar-refractivity contribution in [2.45, 2.75) is 18.9 Å². The van der Waals surface area contributed by atoms with Crippen molar-refractivity contribution < 1.29 is 14.3 Å². The first kappa shape index (κ1) is 27.2. The molecular formula is C32H29N9O3. The van der Waals surface area contributed by atoms with E-state index in [9.17, 15) is 4.79 Å². The largest absolute Gasteiger partial charge is 0.475 e. The number of benzene rings is 1. The number of aryl methyl sites for hydroxylation is 1. The number of hydrogen-bond acceptors (Lipinski definition) is 9. The molecule has 0 spiro atoms. The van der Waals surface area contributed by atoms with Crippen LogP contribution in [0.25, 0.3) is 34.1 Å². The predicted molar refractivity (Wildman–Crippen MR) is 164 cm³/mol. The number of fused-ring (bicyclic) bond motifs is 2. The first-order valence-electron chi connectivity index (χ1n) is 14.2. The van der Waals surface area contributed by atoms with Crippen LogP contribution in [-0.4, -0.2) is 60.5 Å². The molecule has 5 aromatic heterocycles. The highest BCUT2D eigenvalue weighted by atomic mass is 16.5. The van der Waals surface area contributed by atoms with Crippen LogP contribution in [0.1, 0.15) is 33.9 Å². The van der Waals surface area contributed by atoms with Gasteiger partial charge in [0.15, 0.2) is 17.3 Å². The van der Waals surface area contributed by atoms with Gasteiger partial charge < -0.3 is 20.5 Å². The highest BCUT2D eigenvalue weighted by Gasteiger charge is 2.26. The zero-order valence-electron chi connectivity index (χ0n) is 23.9. The van der Waals surface area contributed by atoms with Gasteiger partial charge in [0.1, 0.15) is 17.9 Å². The second kappa shape index (κ2) is 11.6. The summed E-state index contributed by atoms with van der Waals surface area (Å²) in [5, 5.41) is 7.53. The van der Waals surface area contributed by atoms with Crippen molar-refractivity contribution in [2.75, 3.05) is 26.1 Å². The van der Waals surface area contributed by atoms with Crippen molar-refractivity contribution in [1.82, 2.24) is 39.6 Å². The van der Waals surface area contributed by atoms with Gasteiger partial charge in [0.2, 0.25) is 5.88 Å². The molecule has 220 valence electrons. The highest BCUT2D eigenvalue weighted by Crippen LogP contribution is 2.36. The van der Waals surface area contributed by atoms with Crippen LogP contribution in [0, 0.1) is 0 Å². The molecule has 0 saturated heterocycles. The molecule has 1 amide bonds. The number of carbonyl (C=O) groups excluding carboxylic acids is 1. The molecular weight excluding hydrogens is 558 g/mol. The van der Waals surface area contributed by atoms with Crippen LogP contribution in [0.4, 0.5) is 5.82 Å². The van der Waals surface area contributed by atoms with E-state index in [1.165, 1.54) is 0 Å². The molecule has 0 radical (unpaired) electrons. The minimum Gasteiger partial charge on any atom is -0.475 e. The normalized spacial score (nSPS) is 14.1. The number of nitrogens with one attached hydrogen (secondary N) is 1. The van der Waals surface area contributed by atoms with Crippen LogP contribution < -0.4 is 15.8 Å². The van der Waals surface area contributed by atoms with Gasteiger partial charge in [-0.2, -0.15) is 5.10 Å². The molecule has 5 heterocycles. The second-order valence-corrected chi connectivity index (χ2v) is 10.3. The lowest BCUT2D eigenvalue weighted by molar-refractivity contribution is 0.0935. The summed E-state index contributed by atoms with van der Waals surface area (Å²) in [7, 11) is 1.60. The summed E-state index contributed by atoms with van der Waals surface area (Å²) in [4.78, 5) is 31.5. The molecule has 0 saturated carbocycles. The van der Waals surface area contributed by atoms with Crippen LogP contribution in [0.5, 0.6) is 5.88 Å². The van der Waals surface area contributed by atoms with Crippen molar-refractivity contribution >= 4 is 22.9 Å². The summed E-state index contributed by atoms with van der Waals surface area (Å²) in [6.07, 6.45) is 8.37. The monoisotopic (exact) mass is 587 g/mol. The van der Waals surface area contributed by atoms with Crippen LogP contribution >= 0.6 is 0 Å². The number of hydrogen-bond donors (Lipinski definition) is 2. The fourth-order valence-electron chi connectivity index (χ4n) is 5.50. The maximum absolute atomic E-state index is 13.2. The summed E-state index contributed by atoms with van der Waals surface area (Å²) in [5.74, 6) is 1.88. The van der Waals surface area contributed by atoms with Gasteiger partial charge in [-0.1, -0.05) is 6.07 Å². The van der Waals surface area contributed by atoms with E-state index in [0.29, 0.717) is 58.8 Å². The summed E-state index contributed by atoms with van der Waals surface area (Å²) >= 11 is 0. The Kier molecular flexibility index (Phi) is 7.16. The third-order valence-corrected chi connectivity index (χ3v) is 7.61. The lowest BCUT2D eigenvalue weighted by atomic mass is 10.1. The van der Waals surface area contributed by atoms with Crippen molar-refractivity contribution in [3.63, 3.8) is 0 Å². The molecule has 44 heavy (non-hydrogen) atoms. The maximum atomic E-state index is 13.2. The SMILES string of the molecule is COCCOc1cc(C(=O)N[C@H]2CCc3cc(-n4c(-c5cccnc5N)nc5ccc(-n6cccn6)nc54)ccc32)ccn1. The Morgan fingerprint density at radius 1 is 1.02 bits per heavy atom. The first-order chi connectivity index (χ1) is 21.6. The van der Waals surface area contributed by atoms with E-state index in [-0.39, 0.29) is 11.9 Å². The molecule has 3 N–H and O–H groups in total. The van der Waals surface area contributed by atoms with Crippen LogP contribution in [0.2, 0.25) is 0 Å². The lowest BCUT2D eigenvalue weighted by Crippen LogP contribution is -2.27. The number of nitrogens with zero attached hydrogens (tertiary/aromatic N) is 7. The number of nitrogens with two attached hydrogens (primary N) is 1. The minimum atomic E-state index is -0.184. The lowest BCUT2D eigenvalue weighted by Gasteiger charge is -2.16. The van der Waals surface area contributed by atoms with Crippen LogP contribution in [0.15, 0.2) is 85.5 Å². The van der Waals surface area contributed by atoms with Gasteiger partial charge in [0.05, 0.1) is 18.2 Å². The number of amides is 1. The standard InChI is InChI=1S/C32H29N9O3/c1-43-16-17-44-28-19-21(11-14-34-28)32(42)38-25-8-5-20-18-22(6-7-23(20)25)41-30(24-4-2-12-35-29(24)33)37-26-9-10-27(39-31(26)41)40-15-3-13-36-40/h2-4,6-7,9-15,18-19,25H,5,8,16-17H2,1H3,(H2,33,35)(H,38,42)/t25-/m0/s1. The Hall–Kier alpha value is -5.62. The minimum absolute atomic E-state index is 0.130. The molecule has 1 aliphatic rings. The van der Waals surface area contributed by atoms with Gasteiger partial charge in [-0.25, -0.2) is 24.6 Å². The van der Waals surface area contributed by atoms with Gasteiger partial charge in [0.25, 0.3) is 5.91 Å². The Labute approximate surface area is 252 Å². The predicted octanol–water partition coefficient (Wildman–Crippen LogP) is 4.09. The van der Waals surface area contributed by atoms with Crippen LogP contribution in [-0.2, 0) is 11.2 Å². The van der Waals surface area contributed by atoms with Crippen molar-refractivity contribution in [3.05, 3.63) is 102 Å². The quantitative estimate of drug-likeness (QED) is 0.239. The zero-order chi connectivity index (χ0) is 30.0. The molecule has 0 bridgehead atoms. The Balaban J connectivity index is 1.22. The van der Waals surface area contributed by atoms with E-state index in [4.69, 9.17) is 25.2 Å². The average Bonchev–Trinajstić information content (AvgIpc) is 3.80. The number of nitrogen functional groups attached to an aromatic ring is 1. The fraction of sp³-hybridized carbons (Fsp3) is 0.188. The molecule has 0 fully saturated rings. The van der Waals surface area contributed by atoms with Gasteiger partial charge in [-0.15, -0.1) is 0 Å². The van der Waals surface area contributed by atoms with Gasteiger partial charge in [0, 0.05) is 49.2 Å². The topological polar surface area (TPSA) is 148 Å². The van der Waals surface area contributed by atoms with Crippen molar-refractivity contribution in [2.24, 2.45) is 0 Å². The number of aromatic nitrogens is 7. The number of pyridine rings is 3. The van der Waals surface area contributed by atoms with Gasteiger partial charge >= 0.3 is 0 Å². The van der Waals surface area contributed by atoms with E-state index in [2.05, 4.69) is 32.5 Å². The number of methoxy groups -OCH3 is 1. The Morgan fingerprint density at radius 3 is 2.80 bits per heavy atom. The third kappa shape index (κ3) is 5.11. The second-order valence-electron chi connectivity index (χ2n) is 10.3. The molecule has 12 heteroatoms. The molecule has 7 rings (SSSR count). The third-order valence-electron chi connectivity index (χ3n) is 7.61. The summed E-state index contributed by atoms with van der Waals surface area (Å²) in [6, 6.07) is 18.8. The van der Waals surface area contributed by atoms with E-state index in [1.807, 2.05) is 47.2 Å². The smallest absolute Gasteiger partial charge is 0.252 e. The number of carbonyl (C=O) groups is 1. The van der Waals surface area contributed by atoms with E-state index >= 15 is 0 Å². The first-order valence-corrected chi connectivity index (χ1v) is 14.2. The number of imidazole rings is 1. The van der Waals surface area contributed by atoms with Crippen LogP contribution in [0.3, 0.4) is 0 Å². The Bertz CT molecular complexity index is 1970. The van der Waals surface area contributed by atoms with E-state index in [0.717, 1.165) is 29.7 Å². The summed E-state index contributed by atoms with van der Waals surface area (Å²) in [6.45, 7) is 0.792. The fourth-order valence-corrected chi connectivity index (χ4v) is 5.50. The summed E-state index contributed by atoms with van der Waals surface area (Å²) < 4.78 is 14.3. The Morgan fingerprint density at radius 2 is 1.95 bits per heavy atom. The molecule has 12 nitrogen and oxygen atoms in total. The van der Waals surface area contributed by atoms with Crippen molar-refractivity contribution in [1.29, 1.82) is 0 Å². The highest BCUT2D eigenvalue weighted by molar-refractivity contribution is 5.94. The number of anilines is 1. The molecule has 6 aromatic rings. The number of ether oxygens (including phenoxy) is 2.